The molecule has 2 aromatic rings. The van der Waals surface area contributed by atoms with Gasteiger partial charge in [0.1, 0.15) is 6.10 Å². The molecule has 8 heteroatoms. The molecule has 2 rings (SSSR count). The van der Waals surface area contributed by atoms with E-state index in [1.165, 1.54) is 6.07 Å². The van der Waals surface area contributed by atoms with Crippen LogP contribution < -0.4 is 22.3 Å². The zero-order valence-corrected chi connectivity index (χ0v) is 9.88. The number of rotatable bonds is 4. The van der Waals surface area contributed by atoms with Crippen molar-refractivity contribution >= 4 is 28.4 Å². The van der Waals surface area contributed by atoms with Gasteiger partial charge in [0.15, 0.2) is 0 Å². The van der Waals surface area contributed by atoms with Crippen molar-refractivity contribution in [1.29, 1.82) is 0 Å². The van der Waals surface area contributed by atoms with Crippen molar-refractivity contribution in [3.8, 4) is 0 Å². The van der Waals surface area contributed by atoms with Gasteiger partial charge >= 0.3 is 0 Å². The van der Waals surface area contributed by atoms with Crippen LogP contribution in [0.4, 0.5) is 11.6 Å². The van der Waals surface area contributed by atoms with Crippen LogP contribution >= 0.6 is 0 Å². The number of aromatic amines is 1. The molecule has 0 aliphatic heterocycles. The second kappa shape index (κ2) is 4.94. The fraction of sp³-hybridized carbons (Fsp3) is 0.182. The summed E-state index contributed by atoms with van der Waals surface area (Å²) in [5.74, 6) is -0.717. The molecule has 1 amide bonds. The second-order valence-corrected chi connectivity index (χ2v) is 3.99. The molecule has 19 heavy (non-hydrogen) atoms. The molecule has 0 spiro atoms. The summed E-state index contributed by atoms with van der Waals surface area (Å²) in [6.07, 6.45) is -1.35. The van der Waals surface area contributed by atoms with E-state index in [0.29, 0.717) is 16.6 Å². The van der Waals surface area contributed by atoms with Crippen LogP contribution in [0.2, 0.25) is 0 Å². The SMILES string of the molecule is NC(=O)C(O)CNc1nc2ccc(N)cc2c(=O)[nH]1. The molecule has 8 nitrogen and oxygen atoms in total. The lowest BCUT2D eigenvalue weighted by atomic mass is 10.2. The summed E-state index contributed by atoms with van der Waals surface area (Å²) in [6.45, 7) is -0.140. The molecule has 0 saturated carbocycles. The highest BCUT2D eigenvalue weighted by Crippen LogP contribution is 2.12. The number of anilines is 2. The van der Waals surface area contributed by atoms with Gasteiger partial charge in [-0.1, -0.05) is 0 Å². The summed E-state index contributed by atoms with van der Waals surface area (Å²) in [5.41, 5.74) is 11.0. The van der Waals surface area contributed by atoms with E-state index in [-0.39, 0.29) is 18.1 Å². The van der Waals surface area contributed by atoms with Crippen LogP contribution in [0, 0.1) is 0 Å². The molecule has 0 bridgehead atoms. The summed E-state index contributed by atoms with van der Waals surface area (Å²) >= 11 is 0. The number of carbonyl (C=O) groups is 1. The first kappa shape index (κ1) is 12.8. The van der Waals surface area contributed by atoms with Gasteiger partial charge in [-0.25, -0.2) is 4.98 Å². The molecule has 0 fully saturated rings. The van der Waals surface area contributed by atoms with Crippen LogP contribution in [0.3, 0.4) is 0 Å². The van der Waals surface area contributed by atoms with E-state index in [2.05, 4.69) is 15.3 Å². The lowest BCUT2D eigenvalue weighted by molar-refractivity contribution is -0.125. The summed E-state index contributed by atoms with van der Waals surface area (Å²) < 4.78 is 0. The molecule has 1 heterocycles. The lowest BCUT2D eigenvalue weighted by Gasteiger charge is -2.09. The number of hydrogen-bond acceptors (Lipinski definition) is 6. The Morgan fingerprint density at radius 1 is 1.53 bits per heavy atom. The smallest absolute Gasteiger partial charge is 0.260 e. The molecule has 0 radical (unpaired) electrons. The first-order valence-electron chi connectivity index (χ1n) is 5.48. The van der Waals surface area contributed by atoms with Crippen LogP contribution in [0.1, 0.15) is 0 Å². The number of aliphatic hydroxyl groups excluding tert-OH is 1. The molecule has 0 aliphatic rings. The molecule has 0 aliphatic carbocycles. The fourth-order valence-electron chi connectivity index (χ4n) is 1.53. The largest absolute Gasteiger partial charge is 0.399 e. The highest BCUT2D eigenvalue weighted by molar-refractivity contribution is 5.82. The molecular weight excluding hydrogens is 250 g/mol. The normalized spacial score (nSPS) is 12.3. The molecule has 1 unspecified atom stereocenters. The van der Waals surface area contributed by atoms with Crippen LogP contribution in [0.15, 0.2) is 23.0 Å². The third kappa shape index (κ3) is 2.80. The monoisotopic (exact) mass is 263 g/mol. The average Bonchev–Trinajstić information content (AvgIpc) is 2.36. The Morgan fingerprint density at radius 2 is 2.26 bits per heavy atom. The van der Waals surface area contributed by atoms with Gasteiger partial charge in [-0.2, -0.15) is 0 Å². The van der Waals surface area contributed by atoms with Gasteiger partial charge < -0.3 is 21.9 Å². The molecular formula is C11H13N5O3. The highest BCUT2D eigenvalue weighted by atomic mass is 16.3. The van der Waals surface area contributed by atoms with E-state index < -0.39 is 12.0 Å². The van der Waals surface area contributed by atoms with Gasteiger partial charge in [0.25, 0.3) is 5.56 Å². The van der Waals surface area contributed by atoms with Crippen LogP contribution in [-0.4, -0.2) is 33.6 Å². The second-order valence-electron chi connectivity index (χ2n) is 3.99. The molecule has 0 saturated heterocycles. The van der Waals surface area contributed by atoms with Crippen molar-refractivity contribution in [3.05, 3.63) is 28.6 Å². The molecule has 1 aromatic carbocycles. The number of nitrogens with one attached hydrogen (secondary N) is 2. The third-order valence-corrected chi connectivity index (χ3v) is 2.52. The Labute approximate surface area is 107 Å². The fourth-order valence-corrected chi connectivity index (χ4v) is 1.53. The van der Waals surface area contributed by atoms with Gasteiger partial charge in [0, 0.05) is 5.69 Å². The highest BCUT2D eigenvalue weighted by Gasteiger charge is 2.11. The van der Waals surface area contributed by atoms with Crippen LogP contribution in [0.5, 0.6) is 0 Å². The molecule has 1 atom stereocenters. The maximum Gasteiger partial charge on any atom is 0.260 e. The number of primary amides is 1. The maximum atomic E-state index is 11.8. The summed E-state index contributed by atoms with van der Waals surface area (Å²) in [6, 6.07) is 4.75. The Bertz CT molecular complexity index is 682. The Morgan fingerprint density at radius 3 is 2.95 bits per heavy atom. The van der Waals surface area contributed by atoms with Gasteiger partial charge in [0.2, 0.25) is 11.9 Å². The van der Waals surface area contributed by atoms with Crippen molar-refractivity contribution in [3.63, 3.8) is 0 Å². The van der Waals surface area contributed by atoms with Crippen molar-refractivity contribution in [2.45, 2.75) is 6.10 Å². The number of amides is 1. The third-order valence-electron chi connectivity index (χ3n) is 2.52. The first-order chi connectivity index (χ1) is 8.97. The van der Waals surface area contributed by atoms with Crippen molar-refractivity contribution in [2.75, 3.05) is 17.6 Å². The topological polar surface area (TPSA) is 147 Å². The van der Waals surface area contributed by atoms with E-state index in [0.717, 1.165) is 0 Å². The number of H-pyrrole nitrogens is 1. The van der Waals surface area contributed by atoms with Gasteiger partial charge in [-0.15, -0.1) is 0 Å². The predicted octanol–water partition coefficient (Wildman–Crippen LogP) is -1.24. The standard InChI is InChI=1S/C11H13N5O3/c12-5-1-2-7-6(3-5)10(19)16-11(15-7)14-4-8(17)9(13)18/h1-3,8,17H,4,12H2,(H2,13,18)(H2,14,15,16,19). The minimum Gasteiger partial charge on any atom is -0.399 e. The molecule has 100 valence electrons. The minimum atomic E-state index is -1.35. The van der Waals surface area contributed by atoms with Gasteiger partial charge in [-0.3, -0.25) is 14.6 Å². The Kier molecular flexibility index (Phi) is 3.34. The van der Waals surface area contributed by atoms with E-state index in [1.54, 1.807) is 12.1 Å². The van der Waals surface area contributed by atoms with Crippen molar-refractivity contribution in [1.82, 2.24) is 9.97 Å². The average molecular weight is 263 g/mol. The minimum absolute atomic E-state index is 0.140. The molecule has 1 aromatic heterocycles. The number of hydrogen-bond donors (Lipinski definition) is 5. The van der Waals surface area contributed by atoms with Crippen molar-refractivity contribution in [2.24, 2.45) is 5.73 Å². The Hall–Kier alpha value is -2.61. The number of carbonyl (C=O) groups excluding carboxylic acids is 1. The van der Waals surface area contributed by atoms with Gasteiger partial charge in [-0.05, 0) is 18.2 Å². The quantitative estimate of drug-likeness (QED) is 0.436. The Balaban J connectivity index is 2.29. The van der Waals surface area contributed by atoms with E-state index >= 15 is 0 Å². The van der Waals surface area contributed by atoms with Crippen LogP contribution in [0.25, 0.3) is 10.9 Å². The zero-order valence-electron chi connectivity index (χ0n) is 9.88. The lowest BCUT2D eigenvalue weighted by Crippen LogP contribution is -2.34. The first-order valence-corrected chi connectivity index (χ1v) is 5.48. The number of aromatic nitrogens is 2. The maximum absolute atomic E-state index is 11.8. The number of fused-ring (bicyclic) bond motifs is 1. The number of nitrogens with zero attached hydrogens (tertiary/aromatic N) is 1. The number of nitrogen functional groups attached to an aromatic ring is 1. The summed E-state index contributed by atoms with van der Waals surface area (Å²) in [5, 5.41) is 12.2. The van der Waals surface area contributed by atoms with E-state index in [1.807, 2.05) is 0 Å². The predicted molar refractivity (Wildman–Crippen MR) is 70.5 cm³/mol. The number of benzene rings is 1. The van der Waals surface area contributed by atoms with Crippen molar-refractivity contribution < 1.29 is 9.90 Å². The van der Waals surface area contributed by atoms with E-state index in [4.69, 9.17) is 11.5 Å². The summed E-state index contributed by atoms with van der Waals surface area (Å²) in [4.78, 5) is 29.0. The van der Waals surface area contributed by atoms with E-state index in [9.17, 15) is 14.7 Å². The summed E-state index contributed by atoms with van der Waals surface area (Å²) in [7, 11) is 0. The zero-order chi connectivity index (χ0) is 14.0. The van der Waals surface area contributed by atoms with Crippen LogP contribution in [-0.2, 0) is 4.79 Å². The number of aliphatic hydroxyl groups is 1. The van der Waals surface area contributed by atoms with Gasteiger partial charge in [0.05, 0.1) is 17.4 Å². The number of nitrogens with two attached hydrogens (primary N) is 2. The molecule has 7 N–H and O–H groups in total.